The van der Waals surface area contributed by atoms with Crippen LogP contribution in [-0.4, -0.2) is 58.6 Å². The van der Waals surface area contributed by atoms with E-state index in [0.29, 0.717) is 22.8 Å². The molecule has 2 saturated heterocycles. The topological polar surface area (TPSA) is 56.7 Å². The Morgan fingerprint density at radius 1 is 1.23 bits per heavy atom. The van der Waals surface area contributed by atoms with Crippen LogP contribution in [0.25, 0.3) is 0 Å². The van der Waals surface area contributed by atoms with Crippen molar-refractivity contribution in [3.8, 4) is 0 Å². The Hall–Kier alpha value is -1.18. The molecule has 1 aromatic heterocycles. The van der Waals surface area contributed by atoms with E-state index in [0.717, 1.165) is 87.0 Å². The van der Waals surface area contributed by atoms with E-state index in [4.69, 9.17) is 28.2 Å². The molecule has 5 nitrogen and oxygen atoms in total. The zero-order chi connectivity index (χ0) is 24.9. The van der Waals surface area contributed by atoms with Crippen molar-refractivity contribution in [2.75, 3.05) is 32.7 Å². The first-order valence-corrected chi connectivity index (χ1v) is 14.5. The van der Waals surface area contributed by atoms with Crippen LogP contribution in [0, 0.1) is 24.7 Å². The summed E-state index contributed by atoms with van der Waals surface area (Å²) < 4.78 is 0. The number of hydrogen-bond donors (Lipinski definition) is 1. The van der Waals surface area contributed by atoms with E-state index in [1.807, 2.05) is 18.2 Å². The average Bonchev–Trinajstić information content (AvgIpc) is 3.42. The molecule has 0 bridgehead atoms. The normalized spacial score (nSPS) is 23.1. The average molecular weight is 539 g/mol. The molecule has 2 aromatic rings. The van der Waals surface area contributed by atoms with Gasteiger partial charge in [-0.05, 0) is 75.2 Å². The van der Waals surface area contributed by atoms with Gasteiger partial charge in [-0.15, -0.1) is 11.3 Å². The molecule has 0 amide bonds. The number of aliphatic carboxylic acids is 1. The summed E-state index contributed by atoms with van der Waals surface area (Å²) in [7, 11) is 0. The summed E-state index contributed by atoms with van der Waals surface area (Å²) in [5.74, 6) is 0.665. The fourth-order valence-electron chi connectivity index (χ4n) is 5.88. The molecule has 2 aliphatic rings. The molecule has 3 heterocycles. The third-order valence-electron chi connectivity index (χ3n) is 7.75. The van der Waals surface area contributed by atoms with E-state index in [1.54, 1.807) is 11.3 Å². The molecule has 0 spiro atoms. The van der Waals surface area contributed by atoms with Crippen LogP contribution in [0.4, 0.5) is 0 Å². The van der Waals surface area contributed by atoms with Gasteiger partial charge in [0.1, 0.15) is 0 Å². The second-order valence-corrected chi connectivity index (χ2v) is 12.3. The molecule has 35 heavy (non-hydrogen) atoms. The molecule has 192 valence electrons. The van der Waals surface area contributed by atoms with Crippen LogP contribution in [0.5, 0.6) is 0 Å². The smallest absolute Gasteiger partial charge is 0.306 e. The quantitative estimate of drug-likeness (QED) is 0.371. The maximum absolute atomic E-state index is 11.6. The Kier molecular flexibility index (Phi) is 9.50. The fourth-order valence-corrected chi connectivity index (χ4v) is 7.03. The Morgan fingerprint density at radius 3 is 2.63 bits per heavy atom. The van der Waals surface area contributed by atoms with E-state index < -0.39 is 5.97 Å². The largest absolute Gasteiger partial charge is 0.481 e. The number of rotatable bonds is 10. The zero-order valence-corrected chi connectivity index (χ0v) is 23.1. The minimum atomic E-state index is -0.623. The van der Waals surface area contributed by atoms with Gasteiger partial charge in [-0.1, -0.05) is 42.6 Å². The molecular formula is C27H37Cl2N3O2S. The zero-order valence-electron chi connectivity index (χ0n) is 20.8. The van der Waals surface area contributed by atoms with Gasteiger partial charge in [-0.2, -0.15) is 0 Å². The summed E-state index contributed by atoms with van der Waals surface area (Å²) in [6, 6.07) is 5.78. The molecule has 4 rings (SSSR count). The van der Waals surface area contributed by atoms with E-state index in [9.17, 15) is 9.90 Å². The van der Waals surface area contributed by atoms with Crippen molar-refractivity contribution in [3.63, 3.8) is 0 Å². The maximum atomic E-state index is 11.6. The number of hydrogen-bond acceptors (Lipinski definition) is 5. The molecule has 8 heteroatoms. The number of aromatic nitrogens is 1. The van der Waals surface area contributed by atoms with E-state index in [1.165, 1.54) is 5.69 Å². The van der Waals surface area contributed by atoms with Gasteiger partial charge in [-0.3, -0.25) is 9.69 Å². The lowest BCUT2D eigenvalue weighted by atomic mass is 9.84. The highest BCUT2D eigenvalue weighted by molar-refractivity contribution is 7.09. The van der Waals surface area contributed by atoms with Crippen molar-refractivity contribution in [1.29, 1.82) is 0 Å². The van der Waals surface area contributed by atoms with E-state index in [-0.39, 0.29) is 5.92 Å². The highest BCUT2D eigenvalue weighted by Gasteiger charge is 2.37. The molecule has 2 aliphatic heterocycles. The predicted molar refractivity (Wildman–Crippen MR) is 145 cm³/mol. The Bertz CT molecular complexity index is 993. The van der Waals surface area contributed by atoms with Gasteiger partial charge in [0.25, 0.3) is 0 Å². The van der Waals surface area contributed by atoms with Crippen molar-refractivity contribution >= 4 is 40.5 Å². The molecule has 0 saturated carbocycles. The molecule has 0 aliphatic carbocycles. The van der Waals surface area contributed by atoms with Crippen LogP contribution in [0.1, 0.15) is 61.2 Å². The Morgan fingerprint density at radius 2 is 2.00 bits per heavy atom. The Balaban J connectivity index is 1.37. The molecule has 0 radical (unpaired) electrons. The predicted octanol–water partition coefficient (Wildman–Crippen LogP) is 6.58. The van der Waals surface area contributed by atoms with Crippen molar-refractivity contribution in [3.05, 3.63) is 49.9 Å². The number of halogens is 2. The lowest BCUT2D eigenvalue weighted by Crippen LogP contribution is -2.39. The first-order valence-electron chi connectivity index (χ1n) is 12.9. The number of carboxylic acid groups (broad SMARTS) is 1. The number of aryl methyl sites for hydroxylation is 1. The minimum Gasteiger partial charge on any atom is -0.481 e. The molecule has 1 aromatic carbocycles. The number of benzene rings is 1. The van der Waals surface area contributed by atoms with Crippen LogP contribution in [0.3, 0.4) is 0 Å². The maximum Gasteiger partial charge on any atom is 0.306 e. The highest BCUT2D eigenvalue weighted by Crippen LogP contribution is 2.36. The number of carboxylic acids is 1. The lowest BCUT2D eigenvalue weighted by Gasteiger charge is -2.35. The summed E-state index contributed by atoms with van der Waals surface area (Å²) in [4.78, 5) is 21.6. The van der Waals surface area contributed by atoms with Crippen LogP contribution in [0.2, 0.25) is 10.0 Å². The molecule has 1 N–H and O–H groups in total. The summed E-state index contributed by atoms with van der Waals surface area (Å²) >= 11 is 14.3. The number of nitrogens with zero attached hydrogens (tertiary/aromatic N) is 3. The third-order valence-corrected chi connectivity index (χ3v) is 9.13. The van der Waals surface area contributed by atoms with Crippen LogP contribution >= 0.6 is 34.5 Å². The monoisotopic (exact) mass is 537 g/mol. The second-order valence-electron chi connectivity index (χ2n) is 10.4. The van der Waals surface area contributed by atoms with Crippen LogP contribution in [-0.2, 0) is 11.3 Å². The summed E-state index contributed by atoms with van der Waals surface area (Å²) in [5, 5.41) is 14.3. The van der Waals surface area contributed by atoms with Gasteiger partial charge in [0.05, 0.1) is 16.6 Å². The van der Waals surface area contributed by atoms with E-state index >= 15 is 0 Å². The summed E-state index contributed by atoms with van der Waals surface area (Å²) in [5.41, 5.74) is 2.34. The van der Waals surface area contributed by atoms with E-state index in [2.05, 4.69) is 29.0 Å². The third kappa shape index (κ3) is 7.20. The summed E-state index contributed by atoms with van der Waals surface area (Å²) in [6.07, 6.45) is 4.76. The summed E-state index contributed by atoms with van der Waals surface area (Å²) in [6.45, 7) is 10.2. The van der Waals surface area contributed by atoms with Gasteiger partial charge in [0.15, 0.2) is 0 Å². The Labute approximate surface area is 223 Å². The number of likely N-dealkylation sites (tertiary alicyclic amines) is 2. The number of thiazole rings is 1. The SMILES string of the molecule is CCCC(CC1CCN(C[C@H]2CN(Cc3ccc(Cl)cc3Cl)C[C@@H]2c2csc(C)n2)CC1)C(=O)O. The number of carbonyl (C=O) groups is 1. The van der Waals surface area contributed by atoms with Gasteiger partial charge < -0.3 is 10.0 Å². The van der Waals surface area contributed by atoms with Gasteiger partial charge in [0, 0.05) is 47.5 Å². The molecule has 3 atom stereocenters. The lowest BCUT2D eigenvalue weighted by molar-refractivity contribution is -0.142. The van der Waals surface area contributed by atoms with Crippen molar-refractivity contribution in [2.24, 2.45) is 17.8 Å². The fraction of sp³-hybridized carbons (Fsp3) is 0.630. The molecule has 1 unspecified atom stereocenters. The first-order chi connectivity index (χ1) is 16.8. The van der Waals surface area contributed by atoms with Crippen molar-refractivity contribution < 1.29 is 9.90 Å². The second kappa shape index (κ2) is 12.4. The standard InChI is InChI=1S/C27H37Cl2N3O2S/c1-3-4-20(27(33)34)11-19-7-9-31(10-8-19)14-22-15-32(13-21-5-6-23(28)12-25(21)29)16-24(22)26-17-35-18(2)30-26/h5-6,12,17,19-20,22,24H,3-4,7-11,13-16H2,1-2H3,(H,33,34)/t20?,22-,24-/m0/s1. The molecular weight excluding hydrogens is 501 g/mol. The minimum absolute atomic E-state index is 0.183. The highest BCUT2D eigenvalue weighted by atomic mass is 35.5. The van der Waals surface area contributed by atoms with Crippen LogP contribution < -0.4 is 0 Å². The first kappa shape index (κ1) is 26.9. The van der Waals surface area contributed by atoms with Gasteiger partial charge >= 0.3 is 5.97 Å². The van der Waals surface area contributed by atoms with Gasteiger partial charge in [-0.25, -0.2) is 4.98 Å². The van der Waals surface area contributed by atoms with Crippen molar-refractivity contribution in [1.82, 2.24) is 14.8 Å². The van der Waals surface area contributed by atoms with Crippen LogP contribution in [0.15, 0.2) is 23.6 Å². The van der Waals surface area contributed by atoms with Gasteiger partial charge in [0.2, 0.25) is 0 Å². The molecule has 2 fully saturated rings. The van der Waals surface area contributed by atoms with Crippen molar-refractivity contribution in [2.45, 2.75) is 58.4 Å². The number of piperidine rings is 1.